The minimum Gasteiger partial charge on any atom is -0.302 e. The van der Waals surface area contributed by atoms with Gasteiger partial charge < -0.3 is 4.84 Å². The van der Waals surface area contributed by atoms with Crippen LogP contribution in [0.5, 0.6) is 0 Å². The van der Waals surface area contributed by atoms with Gasteiger partial charge in [-0.15, -0.1) is 0 Å². The molecule has 0 radical (unpaired) electrons. The van der Waals surface area contributed by atoms with E-state index in [1.54, 1.807) is 7.11 Å². The molecule has 4 heteroatoms. The lowest BCUT2D eigenvalue weighted by Crippen LogP contribution is -2.35. The zero-order chi connectivity index (χ0) is 14.7. The van der Waals surface area contributed by atoms with Crippen molar-refractivity contribution in [3.05, 3.63) is 64.9 Å². The summed E-state index contributed by atoms with van der Waals surface area (Å²) in [5.74, 6) is 0.515. The Morgan fingerprint density at radius 2 is 2.00 bits per heavy atom. The van der Waals surface area contributed by atoms with Crippen molar-refractivity contribution in [3.63, 3.8) is 0 Å². The Labute approximate surface area is 130 Å². The van der Waals surface area contributed by atoms with Gasteiger partial charge >= 0.3 is 0 Å². The molecular formula is C17H19ClN2O. The summed E-state index contributed by atoms with van der Waals surface area (Å²) in [6, 6.07) is 14.4. The van der Waals surface area contributed by atoms with Gasteiger partial charge in [-0.2, -0.15) is 5.06 Å². The highest BCUT2D eigenvalue weighted by Gasteiger charge is 2.31. The summed E-state index contributed by atoms with van der Waals surface area (Å²) < 4.78 is 0. The van der Waals surface area contributed by atoms with E-state index in [0.29, 0.717) is 5.92 Å². The van der Waals surface area contributed by atoms with Crippen LogP contribution in [0.3, 0.4) is 0 Å². The van der Waals surface area contributed by atoms with Crippen LogP contribution in [0.2, 0.25) is 5.02 Å². The molecule has 2 atom stereocenters. The van der Waals surface area contributed by atoms with Gasteiger partial charge in [-0.1, -0.05) is 29.8 Å². The third-order valence-electron chi connectivity index (χ3n) is 4.16. The molecular weight excluding hydrogens is 284 g/mol. The van der Waals surface area contributed by atoms with Crippen LogP contribution >= 0.6 is 11.6 Å². The van der Waals surface area contributed by atoms with Gasteiger partial charge in [0.15, 0.2) is 0 Å². The Morgan fingerprint density at radius 1 is 1.19 bits per heavy atom. The second-order valence-corrected chi connectivity index (χ2v) is 5.80. The minimum absolute atomic E-state index is 0.200. The molecule has 0 bridgehead atoms. The van der Waals surface area contributed by atoms with Crippen molar-refractivity contribution < 1.29 is 4.84 Å². The van der Waals surface area contributed by atoms with E-state index in [1.807, 2.05) is 35.5 Å². The van der Waals surface area contributed by atoms with E-state index >= 15 is 0 Å². The lowest BCUT2D eigenvalue weighted by Gasteiger charge is -2.37. The molecule has 110 valence electrons. The fraction of sp³-hybridized carbons (Fsp3) is 0.353. The van der Waals surface area contributed by atoms with Crippen LogP contribution in [0, 0.1) is 0 Å². The van der Waals surface area contributed by atoms with Crippen molar-refractivity contribution in [2.24, 2.45) is 0 Å². The van der Waals surface area contributed by atoms with E-state index < -0.39 is 0 Å². The molecule has 1 unspecified atom stereocenters. The maximum atomic E-state index is 5.98. The topological polar surface area (TPSA) is 25.4 Å². The van der Waals surface area contributed by atoms with E-state index in [1.165, 1.54) is 5.56 Å². The number of aromatic nitrogens is 1. The molecule has 0 aliphatic carbocycles. The third kappa shape index (κ3) is 3.26. The third-order valence-corrected chi connectivity index (χ3v) is 4.41. The van der Waals surface area contributed by atoms with Crippen LogP contribution in [-0.2, 0) is 4.84 Å². The summed E-state index contributed by atoms with van der Waals surface area (Å²) in [7, 11) is 1.73. The van der Waals surface area contributed by atoms with Gasteiger partial charge in [0.1, 0.15) is 0 Å². The second-order valence-electron chi connectivity index (χ2n) is 5.37. The summed E-state index contributed by atoms with van der Waals surface area (Å²) >= 11 is 5.98. The number of piperidine rings is 1. The molecule has 2 aromatic rings. The predicted octanol–water partition coefficient (Wildman–Crippen LogP) is 4.22. The SMILES string of the molecule is CON1CCC(c2ccc(Cl)cc2)C[C@H]1c1ccccn1. The van der Waals surface area contributed by atoms with Gasteiger partial charge in [-0.05, 0) is 48.6 Å². The molecule has 21 heavy (non-hydrogen) atoms. The van der Waals surface area contributed by atoms with Crippen LogP contribution in [-0.4, -0.2) is 23.7 Å². The number of hydrogen-bond donors (Lipinski definition) is 0. The van der Waals surface area contributed by atoms with Crippen molar-refractivity contribution in [1.29, 1.82) is 0 Å². The number of hydroxylamine groups is 2. The van der Waals surface area contributed by atoms with Crippen LogP contribution in [0.4, 0.5) is 0 Å². The largest absolute Gasteiger partial charge is 0.302 e. The second kappa shape index (κ2) is 6.56. The van der Waals surface area contributed by atoms with Crippen molar-refractivity contribution in [3.8, 4) is 0 Å². The fourth-order valence-corrected chi connectivity index (χ4v) is 3.17. The van der Waals surface area contributed by atoms with E-state index in [2.05, 4.69) is 23.2 Å². The van der Waals surface area contributed by atoms with E-state index in [0.717, 1.165) is 30.1 Å². The molecule has 1 aromatic heterocycles. The summed E-state index contributed by atoms with van der Waals surface area (Å²) in [5, 5.41) is 2.82. The average molecular weight is 303 g/mol. The molecule has 1 fully saturated rings. The molecule has 0 spiro atoms. The van der Waals surface area contributed by atoms with Gasteiger partial charge in [0, 0.05) is 17.8 Å². The van der Waals surface area contributed by atoms with Gasteiger partial charge in [0.2, 0.25) is 0 Å². The lowest BCUT2D eigenvalue weighted by atomic mass is 9.85. The highest BCUT2D eigenvalue weighted by molar-refractivity contribution is 6.30. The summed E-state index contributed by atoms with van der Waals surface area (Å²) in [6.45, 7) is 0.908. The van der Waals surface area contributed by atoms with E-state index in [9.17, 15) is 0 Å². The zero-order valence-electron chi connectivity index (χ0n) is 12.1. The number of rotatable bonds is 3. The number of hydrogen-bond acceptors (Lipinski definition) is 3. The van der Waals surface area contributed by atoms with Crippen LogP contribution in [0.15, 0.2) is 48.7 Å². The van der Waals surface area contributed by atoms with Crippen LogP contribution < -0.4 is 0 Å². The zero-order valence-corrected chi connectivity index (χ0v) is 12.8. The highest BCUT2D eigenvalue weighted by Crippen LogP contribution is 2.38. The molecule has 0 N–H and O–H groups in total. The van der Waals surface area contributed by atoms with Crippen molar-refractivity contribution >= 4 is 11.6 Å². The maximum Gasteiger partial charge on any atom is 0.0779 e. The first-order chi connectivity index (χ1) is 10.3. The first-order valence-electron chi connectivity index (χ1n) is 7.25. The van der Waals surface area contributed by atoms with Crippen molar-refractivity contribution in [2.45, 2.75) is 24.8 Å². The van der Waals surface area contributed by atoms with Crippen molar-refractivity contribution in [1.82, 2.24) is 10.0 Å². The molecule has 1 aliphatic heterocycles. The van der Waals surface area contributed by atoms with E-state index in [4.69, 9.17) is 16.4 Å². The van der Waals surface area contributed by atoms with Gasteiger partial charge in [-0.25, -0.2) is 0 Å². The number of pyridine rings is 1. The Morgan fingerprint density at radius 3 is 2.67 bits per heavy atom. The summed E-state index contributed by atoms with van der Waals surface area (Å²) in [5.41, 5.74) is 2.41. The fourth-order valence-electron chi connectivity index (χ4n) is 3.04. The molecule has 3 rings (SSSR count). The first kappa shape index (κ1) is 14.5. The molecule has 3 nitrogen and oxygen atoms in total. The minimum atomic E-state index is 0.200. The predicted molar refractivity (Wildman–Crippen MR) is 84.1 cm³/mol. The number of benzene rings is 1. The lowest BCUT2D eigenvalue weighted by molar-refractivity contribution is -0.180. The van der Waals surface area contributed by atoms with Crippen LogP contribution in [0.1, 0.15) is 36.1 Å². The molecule has 0 saturated carbocycles. The number of nitrogens with zero attached hydrogens (tertiary/aromatic N) is 2. The average Bonchev–Trinajstić information content (AvgIpc) is 2.56. The quantitative estimate of drug-likeness (QED) is 0.849. The maximum absolute atomic E-state index is 5.98. The van der Waals surface area contributed by atoms with Crippen LogP contribution in [0.25, 0.3) is 0 Å². The summed E-state index contributed by atoms with van der Waals surface area (Å²) in [6.07, 6.45) is 3.93. The molecule has 1 aromatic carbocycles. The Balaban J connectivity index is 1.82. The molecule has 0 amide bonds. The van der Waals surface area contributed by atoms with Gasteiger partial charge in [0.25, 0.3) is 0 Å². The van der Waals surface area contributed by atoms with Gasteiger partial charge in [-0.3, -0.25) is 4.98 Å². The van der Waals surface area contributed by atoms with Gasteiger partial charge in [0.05, 0.1) is 18.8 Å². The Bertz CT molecular complexity index is 573. The molecule has 1 aliphatic rings. The summed E-state index contributed by atoms with van der Waals surface area (Å²) in [4.78, 5) is 10.0. The molecule has 2 heterocycles. The Kier molecular flexibility index (Phi) is 4.54. The normalized spacial score (nSPS) is 23.1. The van der Waals surface area contributed by atoms with E-state index in [-0.39, 0.29) is 6.04 Å². The first-order valence-corrected chi connectivity index (χ1v) is 7.63. The highest BCUT2D eigenvalue weighted by atomic mass is 35.5. The number of halogens is 1. The smallest absolute Gasteiger partial charge is 0.0779 e. The van der Waals surface area contributed by atoms with Crippen molar-refractivity contribution in [2.75, 3.05) is 13.7 Å². The standard InChI is InChI=1S/C17H19ClN2O/c1-21-20-11-9-14(13-5-7-15(18)8-6-13)12-17(20)16-4-2-3-10-19-16/h2-8,10,14,17H,9,11-12H2,1H3/t14?,17-/m0/s1. The molecule has 1 saturated heterocycles. The Hall–Kier alpha value is -1.42. The monoisotopic (exact) mass is 302 g/mol.